The highest BCUT2D eigenvalue weighted by atomic mass is 16.5. The molecule has 1 unspecified atom stereocenters. The number of benzene rings is 2. The molecule has 1 N–H and O–H groups in total. The van der Waals surface area contributed by atoms with Crippen LogP contribution in [0.15, 0.2) is 47.3 Å². The van der Waals surface area contributed by atoms with Crippen LogP contribution in [0.25, 0.3) is 11.0 Å². The van der Waals surface area contributed by atoms with Gasteiger partial charge in [-0.3, -0.25) is 18.7 Å². The Balaban J connectivity index is 1.56. The summed E-state index contributed by atoms with van der Waals surface area (Å²) in [6.07, 6.45) is 1.35. The zero-order chi connectivity index (χ0) is 22.1. The summed E-state index contributed by atoms with van der Waals surface area (Å²) in [4.78, 5) is 40.0. The molecule has 4 rings (SSSR count). The molecule has 8 heteroatoms. The van der Waals surface area contributed by atoms with Crippen LogP contribution in [-0.2, 0) is 18.9 Å². The molecule has 0 radical (unpaired) electrons. The number of fused-ring (bicyclic) bond motifs is 1. The van der Waals surface area contributed by atoms with Gasteiger partial charge in [0.25, 0.3) is 5.91 Å². The van der Waals surface area contributed by atoms with Crippen LogP contribution in [0.5, 0.6) is 5.75 Å². The molecule has 0 bridgehead atoms. The number of rotatable bonds is 5. The summed E-state index contributed by atoms with van der Waals surface area (Å²) in [6, 6.07) is 11.9. The Labute approximate surface area is 180 Å². The molecule has 8 nitrogen and oxygen atoms in total. The van der Waals surface area contributed by atoms with Gasteiger partial charge < -0.3 is 15.0 Å². The fourth-order valence-electron chi connectivity index (χ4n) is 4.17. The summed E-state index contributed by atoms with van der Waals surface area (Å²) < 4.78 is 8.70. The molecule has 1 aliphatic heterocycles. The van der Waals surface area contributed by atoms with Gasteiger partial charge in [0.15, 0.2) is 0 Å². The van der Waals surface area contributed by atoms with Gasteiger partial charge in [-0.15, -0.1) is 0 Å². The second-order valence-electron chi connectivity index (χ2n) is 7.68. The highest BCUT2D eigenvalue weighted by Gasteiger charge is 2.35. The average Bonchev–Trinajstić information content (AvgIpc) is 3.34. The van der Waals surface area contributed by atoms with E-state index in [4.69, 9.17) is 4.74 Å². The van der Waals surface area contributed by atoms with Crippen molar-refractivity contribution in [2.75, 3.05) is 18.5 Å². The Hall–Kier alpha value is -3.55. The SMILES string of the molecule is CCOc1ccccc1C(=O)N1CCCC1C(=O)Nc1ccc2c(c1)n(C)c(=O)n2C. The van der Waals surface area contributed by atoms with Crippen LogP contribution < -0.4 is 15.7 Å². The number of amides is 2. The molecule has 0 aliphatic carbocycles. The van der Waals surface area contributed by atoms with E-state index in [1.165, 1.54) is 0 Å². The zero-order valence-electron chi connectivity index (χ0n) is 17.9. The van der Waals surface area contributed by atoms with Crippen molar-refractivity contribution in [3.05, 3.63) is 58.5 Å². The third-order valence-corrected chi connectivity index (χ3v) is 5.77. The third-order valence-electron chi connectivity index (χ3n) is 5.77. The first-order chi connectivity index (χ1) is 14.9. The second kappa shape index (κ2) is 8.29. The average molecular weight is 422 g/mol. The lowest BCUT2D eigenvalue weighted by atomic mass is 10.1. The van der Waals surface area contributed by atoms with Crippen LogP contribution in [0.3, 0.4) is 0 Å². The van der Waals surface area contributed by atoms with Gasteiger partial charge in [-0.2, -0.15) is 0 Å². The van der Waals surface area contributed by atoms with Crippen molar-refractivity contribution in [2.45, 2.75) is 25.8 Å². The summed E-state index contributed by atoms with van der Waals surface area (Å²) in [7, 11) is 3.41. The standard InChI is InChI=1S/C23H26N4O4/c1-4-31-20-10-6-5-8-16(20)22(29)27-13-7-9-18(27)21(28)24-15-11-12-17-19(14-15)26(3)23(30)25(17)2/h5-6,8,10-12,14,18H,4,7,9,13H2,1-3H3,(H,24,28). The molecule has 1 atom stereocenters. The number of nitrogens with one attached hydrogen (secondary N) is 1. The molecule has 3 aromatic rings. The smallest absolute Gasteiger partial charge is 0.328 e. The number of carbonyl (C=O) groups is 2. The van der Waals surface area contributed by atoms with E-state index in [1.54, 1.807) is 58.5 Å². The summed E-state index contributed by atoms with van der Waals surface area (Å²) >= 11 is 0. The quantitative estimate of drug-likeness (QED) is 0.685. The van der Waals surface area contributed by atoms with Gasteiger partial charge in [0, 0.05) is 26.3 Å². The van der Waals surface area contributed by atoms with E-state index in [2.05, 4.69) is 5.32 Å². The van der Waals surface area contributed by atoms with Crippen molar-refractivity contribution >= 4 is 28.5 Å². The van der Waals surface area contributed by atoms with E-state index in [-0.39, 0.29) is 17.5 Å². The highest BCUT2D eigenvalue weighted by Crippen LogP contribution is 2.26. The first-order valence-electron chi connectivity index (χ1n) is 10.4. The first kappa shape index (κ1) is 20.7. The Kier molecular flexibility index (Phi) is 5.54. The topological polar surface area (TPSA) is 85.6 Å². The number of ether oxygens (including phenoxy) is 1. The van der Waals surface area contributed by atoms with Crippen LogP contribution in [0.4, 0.5) is 5.69 Å². The highest BCUT2D eigenvalue weighted by molar-refractivity contribution is 6.03. The summed E-state index contributed by atoms with van der Waals surface area (Å²) in [6.45, 7) is 2.84. The lowest BCUT2D eigenvalue weighted by Gasteiger charge is -2.25. The predicted molar refractivity (Wildman–Crippen MR) is 118 cm³/mol. The molecule has 1 saturated heterocycles. The van der Waals surface area contributed by atoms with Crippen molar-refractivity contribution in [2.24, 2.45) is 14.1 Å². The number of likely N-dealkylation sites (tertiary alicyclic amines) is 1. The number of para-hydroxylation sites is 1. The van der Waals surface area contributed by atoms with Crippen LogP contribution in [0.2, 0.25) is 0 Å². The lowest BCUT2D eigenvalue weighted by molar-refractivity contribution is -0.119. The monoisotopic (exact) mass is 422 g/mol. The summed E-state index contributed by atoms with van der Waals surface area (Å²) in [5.41, 5.74) is 2.45. The Morgan fingerprint density at radius 3 is 2.61 bits per heavy atom. The summed E-state index contributed by atoms with van der Waals surface area (Å²) in [5, 5.41) is 2.92. The maximum absolute atomic E-state index is 13.2. The molecule has 1 aliphatic rings. The van der Waals surface area contributed by atoms with Gasteiger partial charge in [-0.25, -0.2) is 4.79 Å². The van der Waals surface area contributed by atoms with Gasteiger partial charge in [0.2, 0.25) is 5.91 Å². The molecule has 0 saturated carbocycles. The van der Waals surface area contributed by atoms with E-state index in [0.29, 0.717) is 36.6 Å². The Morgan fingerprint density at radius 2 is 1.84 bits per heavy atom. The molecule has 2 aromatic carbocycles. The van der Waals surface area contributed by atoms with Crippen molar-refractivity contribution in [1.29, 1.82) is 0 Å². The summed E-state index contributed by atoms with van der Waals surface area (Å²) in [5.74, 6) is 0.0825. The van der Waals surface area contributed by atoms with Gasteiger partial charge in [-0.1, -0.05) is 12.1 Å². The molecule has 0 spiro atoms. The number of aromatic nitrogens is 2. The second-order valence-corrected chi connectivity index (χ2v) is 7.68. The molecule has 1 fully saturated rings. The van der Waals surface area contributed by atoms with E-state index in [1.807, 2.05) is 19.1 Å². The van der Waals surface area contributed by atoms with Gasteiger partial charge in [0.1, 0.15) is 11.8 Å². The van der Waals surface area contributed by atoms with Crippen LogP contribution in [-0.4, -0.2) is 45.0 Å². The third kappa shape index (κ3) is 3.69. The normalized spacial score (nSPS) is 16.0. The molecular formula is C23H26N4O4. The molecular weight excluding hydrogens is 396 g/mol. The van der Waals surface area contributed by atoms with Gasteiger partial charge >= 0.3 is 5.69 Å². The molecule has 162 valence electrons. The minimum Gasteiger partial charge on any atom is -0.493 e. The lowest BCUT2D eigenvalue weighted by Crippen LogP contribution is -2.43. The minimum atomic E-state index is -0.558. The Morgan fingerprint density at radius 1 is 1.10 bits per heavy atom. The van der Waals surface area contributed by atoms with E-state index < -0.39 is 6.04 Å². The van der Waals surface area contributed by atoms with Crippen molar-refractivity contribution in [1.82, 2.24) is 14.0 Å². The fourth-order valence-corrected chi connectivity index (χ4v) is 4.17. The largest absolute Gasteiger partial charge is 0.493 e. The fraction of sp³-hybridized carbons (Fsp3) is 0.348. The molecule has 2 heterocycles. The van der Waals surface area contributed by atoms with Crippen molar-refractivity contribution in [3.63, 3.8) is 0 Å². The number of carbonyl (C=O) groups excluding carboxylic acids is 2. The van der Waals surface area contributed by atoms with Crippen LogP contribution in [0, 0.1) is 0 Å². The number of anilines is 1. The van der Waals surface area contributed by atoms with Crippen LogP contribution >= 0.6 is 0 Å². The van der Waals surface area contributed by atoms with Crippen molar-refractivity contribution in [3.8, 4) is 5.75 Å². The van der Waals surface area contributed by atoms with Crippen molar-refractivity contribution < 1.29 is 14.3 Å². The van der Waals surface area contributed by atoms with E-state index >= 15 is 0 Å². The molecule has 31 heavy (non-hydrogen) atoms. The number of nitrogens with zero attached hydrogens (tertiary/aromatic N) is 3. The number of hydrogen-bond acceptors (Lipinski definition) is 4. The number of hydrogen-bond donors (Lipinski definition) is 1. The zero-order valence-corrected chi connectivity index (χ0v) is 17.9. The van der Waals surface area contributed by atoms with Gasteiger partial charge in [-0.05, 0) is 50.1 Å². The number of imidazole rings is 1. The molecule has 1 aromatic heterocycles. The Bertz CT molecular complexity index is 1210. The first-order valence-corrected chi connectivity index (χ1v) is 10.4. The minimum absolute atomic E-state index is 0.126. The van der Waals surface area contributed by atoms with E-state index in [9.17, 15) is 14.4 Å². The number of aryl methyl sites for hydroxylation is 2. The maximum Gasteiger partial charge on any atom is 0.328 e. The maximum atomic E-state index is 13.2. The van der Waals surface area contributed by atoms with Crippen LogP contribution in [0.1, 0.15) is 30.1 Å². The molecule has 2 amide bonds. The van der Waals surface area contributed by atoms with E-state index in [0.717, 1.165) is 17.5 Å². The predicted octanol–water partition coefficient (Wildman–Crippen LogP) is 2.52. The van der Waals surface area contributed by atoms with Gasteiger partial charge in [0.05, 0.1) is 23.2 Å².